The molecule has 1 aromatic heterocycles. The Bertz CT molecular complexity index is 701. The van der Waals surface area contributed by atoms with Gasteiger partial charge in [-0.05, 0) is 23.1 Å². The second kappa shape index (κ2) is 4.38. The van der Waals surface area contributed by atoms with Crippen LogP contribution in [0.2, 0.25) is 0 Å². The van der Waals surface area contributed by atoms with E-state index in [0.29, 0.717) is 18.7 Å². The van der Waals surface area contributed by atoms with Gasteiger partial charge in [-0.3, -0.25) is 5.10 Å². The van der Waals surface area contributed by atoms with Crippen molar-refractivity contribution in [2.24, 2.45) is 0 Å². The molecule has 102 valence electrons. The van der Waals surface area contributed by atoms with Gasteiger partial charge in [0.25, 0.3) is 0 Å². The lowest BCUT2D eigenvalue weighted by Crippen LogP contribution is -2.11. The summed E-state index contributed by atoms with van der Waals surface area (Å²) in [5, 5.41) is 16.2. The van der Waals surface area contributed by atoms with Crippen LogP contribution in [0.4, 0.5) is 0 Å². The van der Waals surface area contributed by atoms with Crippen molar-refractivity contribution in [2.45, 2.75) is 32.6 Å². The number of aromatic nitrogens is 2. The highest BCUT2D eigenvalue weighted by molar-refractivity contribution is 5.73. The molecule has 0 unspecified atom stereocenters. The van der Waals surface area contributed by atoms with Crippen LogP contribution in [0.5, 0.6) is 5.75 Å². The molecule has 1 aliphatic rings. The lowest BCUT2D eigenvalue weighted by molar-refractivity contribution is 0.326. The minimum atomic E-state index is 0.0690. The van der Waals surface area contributed by atoms with E-state index in [0.717, 1.165) is 22.6 Å². The molecule has 0 fully saturated rings. The summed E-state index contributed by atoms with van der Waals surface area (Å²) in [5.41, 5.74) is 4.65. The van der Waals surface area contributed by atoms with Crippen molar-refractivity contribution in [3.8, 4) is 23.1 Å². The molecule has 2 aromatic rings. The lowest BCUT2D eigenvalue weighted by atomic mass is 9.85. The van der Waals surface area contributed by atoms with Crippen LogP contribution in [0.1, 0.15) is 37.6 Å². The summed E-state index contributed by atoms with van der Waals surface area (Å²) < 4.78 is 5.80. The van der Waals surface area contributed by atoms with E-state index in [1.807, 2.05) is 6.07 Å². The molecule has 4 heteroatoms. The highest BCUT2D eigenvalue weighted by atomic mass is 16.5. The Kier molecular flexibility index (Phi) is 2.79. The zero-order valence-corrected chi connectivity index (χ0v) is 11.9. The number of hydrogen-bond acceptors (Lipinski definition) is 3. The largest absolute Gasteiger partial charge is 0.493 e. The number of ether oxygens (including phenoxy) is 1. The van der Waals surface area contributed by atoms with Crippen LogP contribution in [0, 0.1) is 11.3 Å². The first-order valence-corrected chi connectivity index (χ1v) is 6.76. The summed E-state index contributed by atoms with van der Waals surface area (Å²) in [6.07, 6.45) is 0.703. The molecule has 2 heterocycles. The zero-order chi connectivity index (χ0) is 14.3. The second-order valence-electron chi connectivity index (χ2n) is 6.10. The fourth-order valence-electron chi connectivity index (χ4n) is 2.50. The molecule has 1 N–H and O–H groups in total. The first-order valence-electron chi connectivity index (χ1n) is 6.76. The van der Waals surface area contributed by atoms with Gasteiger partial charge in [0, 0.05) is 17.5 Å². The molecule has 0 radical (unpaired) electrons. The van der Waals surface area contributed by atoms with Gasteiger partial charge in [-0.2, -0.15) is 10.4 Å². The van der Waals surface area contributed by atoms with Gasteiger partial charge in [-0.15, -0.1) is 0 Å². The Morgan fingerprint density at radius 2 is 2.15 bits per heavy atom. The van der Waals surface area contributed by atoms with Gasteiger partial charge in [0.1, 0.15) is 11.8 Å². The smallest absolute Gasteiger partial charge is 0.166 e. The summed E-state index contributed by atoms with van der Waals surface area (Å²) in [6.45, 7) is 7.12. The van der Waals surface area contributed by atoms with E-state index in [1.54, 1.807) is 0 Å². The predicted molar refractivity (Wildman–Crippen MR) is 76.6 cm³/mol. The van der Waals surface area contributed by atoms with Crippen molar-refractivity contribution in [3.63, 3.8) is 0 Å². The third-order valence-electron chi connectivity index (χ3n) is 3.70. The number of hydrogen-bond donors (Lipinski definition) is 1. The van der Waals surface area contributed by atoms with E-state index in [1.165, 1.54) is 5.56 Å². The van der Waals surface area contributed by atoms with Crippen LogP contribution in [-0.4, -0.2) is 16.8 Å². The highest BCUT2D eigenvalue weighted by Gasteiger charge is 2.23. The zero-order valence-electron chi connectivity index (χ0n) is 11.9. The molecule has 3 rings (SSSR count). The quantitative estimate of drug-likeness (QED) is 0.797. The first-order chi connectivity index (χ1) is 9.50. The van der Waals surface area contributed by atoms with Crippen LogP contribution in [0.3, 0.4) is 0 Å². The maximum atomic E-state index is 9.13. The van der Waals surface area contributed by atoms with Gasteiger partial charge >= 0.3 is 0 Å². The minimum absolute atomic E-state index is 0.0690. The first kappa shape index (κ1) is 12.7. The van der Waals surface area contributed by atoms with Gasteiger partial charge in [0.15, 0.2) is 5.69 Å². The molecule has 4 nitrogen and oxygen atoms in total. The molecule has 0 spiro atoms. The number of nitrogens with one attached hydrogen (secondary N) is 1. The van der Waals surface area contributed by atoms with Gasteiger partial charge in [0.2, 0.25) is 0 Å². The van der Waals surface area contributed by atoms with E-state index in [-0.39, 0.29) is 5.41 Å². The molecular formula is C16H17N3O. The van der Waals surface area contributed by atoms with Crippen LogP contribution >= 0.6 is 0 Å². The molecule has 0 aliphatic carbocycles. The summed E-state index contributed by atoms with van der Waals surface area (Å²) >= 11 is 0. The number of nitriles is 1. The molecule has 0 atom stereocenters. The summed E-state index contributed by atoms with van der Waals surface area (Å²) in [5.74, 6) is 0.852. The Hall–Kier alpha value is -2.28. The Labute approximate surface area is 118 Å². The Morgan fingerprint density at radius 1 is 1.35 bits per heavy atom. The molecule has 1 aliphatic heterocycles. The van der Waals surface area contributed by atoms with E-state index in [2.05, 4.69) is 49.2 Å². The number of fused-ring (bicyclic) bond motifs is 3. The van der Waals surface area contributed by atoms with E-state index in [4.69, 9.17) is 10.00 Å². The maximum Gasteiger partial charge on any atom is 0.166 e. The summed E-state index contributed by atoms with van der Waals surface area (Å²) in [6, 6.07) is 8.39. The summed E-state index contributed by atoms with van der Waals surface area (Å²) in [4.78, 5) is 0. The van der Waals surface area contributed by atoms with Gasteiger partial charge in [0.05, 0.1) is 12.3 Å². The normalized spacial score (nSPS) is 13.7. The average Bonchev–Trinajstić information content (AvgIpc) is 2.72. The Morgan fingerprint density at radius 3 is 2.85 bits per heavy atom. The number of nitrogens with zero attached hydrogens (tertiary/aromatic N) is 2. The lowest BCUT2D eigenvalue weighted by Gasteiger charge is -2.20. The number of H-pyrrole nitrogens is 1. The van der Waals surface area contributed by atoms with Crippen molar-refractivity contribution >= 4 is 0 Å². The monoisotopic (exact) mass is 267 g/mol. The average molecular weight is 267 g/mol. The minimum Gasteiger partial charge on any atom is -0.493 e. The van der Waals surface area contributed by atoms with Gasteiger partial charge < -0.3 is 4.74 Å². The fraction of sp³-hybridized carbons (Fsp3) is 0.375. The highest BCUT2D eigenvalue weighted by Crippen LogP contribution is 2.38. The standard InChI is InChI=1S/C16H17N3O/c1-16(2,3)10-4-5-14-12(8-10)15-11(6-7-20-14)13(9-17)18-19-15/h4-5,8H,6-7H2,1-3H3,(H,18,19). The molecule has 20 heavy (non-hydrogen) atoms. The third kappa shape index (κ3) is 1.96. The molecule has 0 saturated heterocycles. The van der Waals surface area contributed by atoms with E-state index < -0.39 is 0 Å². The van der Waals surface area contributed by atoms with E-state index in [9.17, 15) is 0 Å². The second-order valence-corrected chi connectivity index (χ2v) is 6.10. The molecule has 0 bridgehead atoms. The molecule has 1 aromatic carbocycles. The molecule has 0 saturated carbocycles. The summed E-state index contributed by atoms with van der Waals surface area (Å²) in [7, 11) is 0. The third-order valence-corrected chi connectivity index (χ3v) is 3.70. The van der Waals surface area contributed by atoms with Crippen LogP contribution in [0.25, 0.3) is 11.3 Å². The van der Waals surface area contributed by atoms with Crippen LogP contribution in [0.15, 0.2) is 18.2 Å². The maximum absolute atomic E-state index is 9.13. The van der Waals surface area contributed by atoms with Crippen molar-refractivity contribution in [2.75, 3.05) is 6.61 Å². The molecule has 0 amide bonds. The topological polar surface area (TPSA) is 61.7 Å². The number of benzene rings is 1. The van der Waals surface area contributed by atoms with Crippen LogP contribution < -0.4 is 4.74 Å². The van der Waals surface area contributed by atoms with Crippen molar-refractivity contribution in [3.05, 3.63) is 35.0 Å². The van der Waals surface area contributed by atoms with Gasteiger partial charge in [-0.25, -0.2) is 0 Å². The SMILES string of the molecule is CC(C)(C)c1ccc2c(c1)-c1[nH]nc(C#N)c1CCO2. The fourth-order valence-corrected chi connectivity index (χ4v) is 2.50. The van der Waals surface area contributed by atoms with Crippen molar-refractivity contribution < 1.29 is 4.74 Å². The van der Waals surface area contributed by atoms with Gasteiger partial charge in [-0.1, -0.05) is 26.8 Å². The van der Waals surface area contributed by atoms with Crippen LogP contribution in [-0.2, 0) is 11.8 Å². The van der Waals surface area contributed by atoms with E-state index >= 15 is 0 Å². The molecular weight excluding hydrogens is 250 g/mol. The van der Waals surface area contributed by atoms with Crippen molar-refractivity contribution in [1.82, 2.24) is 10.2 Å². The predicted octanol–water partition coefficient (Wildman–Crippen LogP) is 3.18. The number of aromatic amines is 1. The Balaban J connectivity index is 2.22. The van der Waals surface area contributed by atoms with Crippen molar-refractivity contribution in [1.29, 1.82) is 5.26 Å². The number of rotatable bonds is 0.